The molecule has 2 aromatic heterocycles. The molecule has 0 fully saturated rings. The lowest BCUT2D eigenvalue weighted by Crippen LogP contribution is -2.01. The molecule has 0 radical (unpaired) electrons. The van der Waals surface area contributed by atoms with Crippen LogP contribution in [-0.2, 0) is 0 Å². The fourth-order valence-electron chi connectivity index (χ4n) is 7.29. The average Bonchev–Trinajstić information content (AvgIpc) is 3.56. The van der Waals surface area contributed by atoms with Crippen molar-refractivity contribution in [1.82, 2.24) is 15.0 Å². The molecule has 10 aromatic rings. The van der Waals surface area contributed by atoms with Gasteiger partial charge in [0.25, 0.3) is 0 Å². The summed E-state index contributed by atoms with van der Waals surface area (Å²) in [4.78, 5) is 15.4. The summed E-state index contributed by atoms with van der Waals surface area (Å²) in [5.41, 5.74) is 6.58. The van der Waals surface area contributed by atoms with E-state index in [4.69, 9.17) is 19.4 Å². The number of hydrogen-bond donors (Lipinski definition) is 0. The summed E-state index contributed by atoms with van der Waals surface area (Å²) in [5, 5.41) is 9.30. The average molecular weight is 626 g/mol. The van der Waals surface area contributed by atoms with Crippen molar-refractivity contribution < 1.29 is 4.42 Å². The molecule has 0 aliphatic heterocycles. The number of hydrogen-bond acceptors (Lipinski definition) is 4. The summed E-state index contributed by atoms with van der Waals surface area (Å²) in [6, 6.07) is 56.7. The highest BCUT2D eigenvalue weighted by Gasteiger charge is 2.20. The molecule has 0 saturated carbocycles. The zero-order valence-corrected chi connectivity index (χ0v) is 26.3. The van der Waals surface area contributed by atoms with Crippen molar-refractivity contribution in [3.8, 4) is 45.3 Å². The van der Waals surface area contributed by atoms with Crippen molar-refractivity contribution in [2.24, 2.45) is 0 Å². The van der Waals surface area contributed by atoms with E-state index in [0.717, 1.165) is 49.8 Å². The highest BCUT2D eigenvalue weighted by molar-refractivity contribution is 6.28. The van der Waals surface area contributed by atoms with E-state index in [-0.39, 0.29) is 0 Å². The second kappa shape index (κ2) is 11.0. The second-order valence-electron chi connectivity index (χ2n) is 12.3. The van der Waals surface area contributed by atoms with E-state index in [9.17, 15) is 0 Å². The van der Waals surface area contributed by atoms with Crippen LogP contribution in [-0.4, -0.2) is 15.0 Å². The van der Waals surface area contributed by atoms with Crippen LogP contribution in [0.1, 0.15) is 0 Å². The quantitative estimate of drug-likeness (QED) is 0.183. The first-order valence-corrected chi connectivity index (χ1v) is 16.5. The van der Waals surface area contributed by atoms with E-state index >= 15 is 0 Å². The zero-order valence-electron chi connectivity index (χ0n) is 26.3. The Bertz CT molecular complexity index is 2880. The third-order valence-corrected chi connectivity index (χ3v) is 9.52. The molecule has 8 aromatic carbocycles. The van der Waals surface area contributed by atoms with Gasteiger partial charge in [0, 0.05) is 27.5 Å². The summed E-state index contributed by atoms with van der Waals surface area (Å²) in [5.74, 6) is 1.84. The largest absolute Gasteiger partial charge is 0.456 e. The molecule has 0 amide bonds. The normalized spacial score (nSPS) is 11.7. The number of nitrogens with zero attached hydrogens (tertiary/aromatic N) is 3. The van der Waals surface area contributed by atoms with Crippen LogP contribution in [0.15, 0.2) is 168 Å². The van der Waals surface area contributed by atoms with Crippen LogP contribution < -0.4 is 0 Å². The molecule has 0 spiro atoms. The van der Waals surface area contributed by atoms with Gasteiger partial charge in [-0.25, -0.2) is 15.0 Å². The molecule has 4 heteroatoms. The summed E-state index contributed by atoms with van der Waals surface area (Å²) in [7, 11) is 0. The standard InChI is InChI=1S/C45H27N3O/c1-3-14-28(15-4-1)30-18-7-12-23-35(30)44-46-43(29-16-5-2-6-17-29)47-45(48-44)36-24-13-25-40-42(36)39-26-37-33-21-10-8-19-31(33)32-20-9-11-22-34(32)38(37)27-41(39)49-40/h1-27H. The van der Waals surface area contributed by atoms with Crippen molar-refractivity contribution in [3.05, 3.63) is 164 Å². The van der Waals surface area contributed by atoms with Crippen LogP contribution in [0.4, 0.5) is 0 Å². The summed E-state index contributed by atoms with van der Waals surface area (Å²) in [6.45, 7) is 0. The molecule has 0 aliphatic carbocycles. The van der Waals surface area contributed by atoms with Crippen LogP contribution in [0, 0.1) is 0 Å². The van der Waals surface area contributed by atoms with Gasteiger partial charge in [-0.3, -0.25) is 0 Å². The molecule has 0 unspecified atom stereocenters. The Morgan fingerprint density at radius 1 is 0.306 bits per heavy atom. The smallest absolute Gasteiger partial charge is 0.164 e. The maximum atomic E-state index is 6.62. The topological polar surface area (TPSA) is 51.8 Å². The highest BCUT2D eigenvalue weighted by atomic mass is 16.3. The van der Waals surface area contributed by atoms with Crippen molar-refractivity contribution in [2.75, 3.05) is 0 Å². The van der Waals surface area contributed by atoms with E-state index < -0.39 is 0 Å². The number of rotatable bonds is 4. The van der Waals surface area contributed by atoms with Crippen molar-refractivity contribution >= 4 is 54.3 Å². The molecule has 4 nitrogen and oxygen atoms in total. The Balaban J connectivity index is 1.27. The van der Waals surface area contributed by atoms with Crippen LogP contribution in [0.25, 0.3) is 99.5 Å². The summed E-state index contributed by atoms with van der Waals surface area (Å²) < 4.78 is 6.62. The molecule has 0 atom stereocenters. The Morgan fingerprint density at radius 2 is 0.796 bits per heavy atom. The lowest BCUT2D eigenvalue weighted by atomic mass is 9.93. The van der Waals surface area contributed by atoms with Gasteiger partial charge in [0.05, 0.1) is 0 Å². The maximum absolute atomic E-state index is 6.62. The third kappa shape index (κ3) is 4.42. The molecule has 228 valence electrons. The Labute approximate surface area is 282 Å². The molecular weight excluding hydrogens is 599 g/mol. The highest BCUT2D eigenvalue weighted by Crippen LogP contribution is 2.42. The van der Waals surface area contributed by atoms with E-state index in [1.807, 2.05) is 54.6 Å². The van der Waals surface area contributed by atoms with E-state index in [0.29, 0.717) is 17.5 Å². The minimum Gasteiger partial charge on any atom is -0.456 e. The van der Waals surface area contributed by atoms with Gasteiger partial charge in [-0.2, -0.15) is 0 Å². The van der Waals surface area contributed by atoms with Gasteiger partial charge in [-0.15, -0.1) is 0 Å². The molecular formula is C45H27N3O. The number of aromatic nitrogens is 3. The molecule has 10 rings (SSSR count). The first kappa shape index (κ1) is 27.5. The zero-order chi connectivity index (χ0) is 32.3. The Morgan fingerprint density at radius 3 is 1.47 bits per heavy atom. The Hall–Kier alpha value is -6.65. The monoisotopic (exact) mass is 625 g/mol. The molecule has 49 heavy (non-hydrogen) atoms. The van der Waals surface area contributed by atoms with Crippen LogP contribution in [0.3, 0.4) is 0 Å². The van der Waals surface area contributed by atoms with Gasteiger partial charge in [-0.1, -0.05) is 146 Å². The van der Waals surface area contributed by atoms with E-state index in [1.54, 1.807) is 0 Å². The molecule has 2 heterocycles. The van der Waals surface area contributed by atoms with Crippen LogP contribution in [0.2, 0.25) is 0 Å². The molecule has 0 saturated heterocycles. The van der Waals surface area contributed by atoms with E-state index in [1.165, 1.54) is 32.3 Å². The first-order valence-electron chi connectivity index (χ1n) is 16.5. The number of fused-ring (bicyclic) bond motifs is 9. The third-order valence-electron chi connectivity index (χ3n) is 9.52. The van der Waals surface area contributed by atoms with Crippen LogP contribution >= 0.6 is 0 Å². The van der Waals surface area contributed by atoms with E-state index in [2.05, 4.69) is 109 Å². The van der Waals surface area contributed by atoms with Gasteiger partial charge in [0.15, 0.2) is 17.5 Å². The van der Waals surface area contributed by atoms with Gasteiger partial charge in [0.2, 0.25) is 0 Å². The van der Waals surface area contributed by atoms with Crippen LogP contribution in [0.5, 0.6) is 0 Å². The first-order chi connectivity index (χ1) is 24.3. The van der Waals surface area contributed by atoms with Gasteiger partial charge in [-0.05, 0) is 61.6 Å². The fraction of sp³-hybridized carbons (Fsp3) is 0. The maximum Gasteiger partial charge on any atom is 0.164 e. The SMILES string of the molecule is c1ccc(-c2nc(-c3ccccc3-c3ccccc3)nc(-c3cccc4oc5cc6c7ccccc7c7ccccc7c6cc5c34)n2)cc1. The lowest BCUT2D eigenvalue weighted by Gasteiger charge is -2.12. The van der Waals surface area contributed by atoms with Crippen molar-refractivity contribution in [2.45, 2.75) is 0 Å². The minimum absolute atomic E-state index is 0.600. The predicted octanol–water partition coefficient (Wildman–Crippen LogP) is 11.9. The fourth-order valence-corrected chi connectivity index (χ4v) is 7.29. The van der Waals surface area contributed by atoms with Crippen molar-refractivity contribution in [3.63, 3.8) is 0 Å². The van der Waals surface area contributed by atoms with Gasteiger partial charge >= 0.3 is 0 Å². The summed E-state index contributed by atoms with van der Waals surface area (Å²) in [6.07, 6.45) is 0. The molecule has 0 N–H and O–H groups in total. The molecule has 0 bridgehead atoms. The van der Waals surface area contributed by atoms with Crippen molar-refractivity contribution in [1.29, 1.82) is 0 Å². The summed E-state index contributed by atoms with van der Waals surface area (Å²) >= 11 is 0. The van der Waals surface area contributed by atoms with Gasteiger partial charge in [0.1, 0.15) is 11.2 Å². The predicted molar refractivity (Wildman–Crippen MR) is 201 cm³/mol. The number of furan rings is 1. The van der Waals surface area contributed by atoms with Gasteiger partial charge < -0.3 is 4.42 Å². The minimum atomic E-state index is 0.600. The molecule has 0 aliphatic rings. The lowest BCUT2D eigenvalue weighted by molar-refractivity contribution is 0.669. The Kier molecular flexibility index (Phi) is 6.15. The number of benzene rings is 8. The second-order valence-corrected chi connectivity index (χ2v) is 12.3.